The van der Waals surface area contributed by atoms with Crippen LogP contribution in [0.2, 0.25) is 5.02 Å². The van der Waals surface area contributed by atoms with Gasteiger partial charge in [-0.15, -0.1) is 16.8 Å². The molecule has 1 heterocycles. The van der Waals surface area contributed by atoms with Crippen molar-refractivity contribution >= 4 is 35.0 Å². The van der Waals surface area contributed by atoms with E-state index in [-0.39, 0.29) is 17.8 Å². The second kappa shape index (κ2) is 11.6. The van der Waals surface area contributed by atoms with Crippen molar-refractivity contribution < 1.29 is 9.53 Å². The van der Waals surface area contributed by atoms with E-state index in [0.29, 0.717) is 23.4 Å². The summed E-state index contributed by atoms with van der Waals surface area (Å²) in [7, 11) is 0. The Morgan fingerprint density at radius 3 is 2.41 bits per heavy atom. The number of rotatable bonds is 10. The van der Waals surface area contributed by atoms with Crippen LogP contribution in [0, 0.1) is 13.8 Å². The maximum absolute atomic E-state index is 12.5. The Bertz CT molecular complexity index is 1140. The summed E-state index contributed by atoms with van der Waals surface area (Å²) in [5.41, 5.74) is 3.92. The van der Waals surface area contributed by atoms with Crippen molar-refractivity contribution in [3.8, 4) is 5.75 Å². The van der Waals surface area contributed by atoms with Gasteiger partial charge in [-0.3, -0.25) is 9.36 Å². The fraction of sp³-hybridized carbons (Fsp3) is 0.346. The molecule has 0 aliphatic rings. The van der Waals surface area contributed by atoms with Gasteiger partial charge in [0.2, 0.25) is 5.91 Å². The molecule has 1 unspecified atom stereocenters. The number of nitrogens with zero attached hydrogens (tertiary/aromatic N) is 3. The lowest BCUT2D eigenvalue weighted by atomic mass is 10.0. The van der Waals surface area contributed by atoms with Gasteiger partial charge in [-0.2, -0.15) is 0 Å². The minimum Gasteiger partial charge on any atom is -0.483 e. The summed E-state index contributed by atoms with van der Waals surface area (Å²) in [5.74, 6) is 1.94. The van der Waals surface area contributed by atoms with E-state index in [9.17, 15) is 4.79 Å². The standard InChI is InChI=1S/C26H31ClN4O2S/c1-7-12-31-25(19(6)33-22-13-17(4)24(27)18(5)14-22)29-30-26(31)34-15-23(32)28-21-10-8-20(9-11-21)16(2)3/h7-11,13-14,16,19H,1,12,15H2,2-6H3,(H,28,32). The quantitative estimate of drug-likeness (QED) is 0.248. The first-order chi connectivity index (χ1) is 16.2. The van der Waals surface area contributed by atoms with Crippen molar-refractivity contribution in [1.29, 1.82) is 0 Å². The number of carbonyl (C=O) groups is 1. The molecule has 0 bridgehead atoms. The molecule has 0 fully saturated rings. The van der Waals surface area contributed by atoms with Crippen molar-refractivity contribution in [2.24, 2.45) is 0 Å². The first-order valence-electron chi connectivity index (χ1n) is 11.2. The zero-order valence-corrected chi connectivity index (χ0v) is 21.8. The zero-order valence-electron chi connectivity index (χ0n) is 20.3. The number of allylic oxidation sites excluding steroid dienone is 1. The minimum absolute atomic E-state index is 0.103. The highest BCUT2D eigenvalue weighted by Crippen LogP contribution is 2.30. The van der Waals surface area contributed by atoms with Gasteiger partial charge in [-0.25, -0.2) is 0 Å². The van der Waals surface area contributed by atoms with Crippen LogP contribution in [-0.2, 0) is 11.3 Å². The zero-order chi connectivity index (χ0) is 24.8. The number of ether oxygens (including phenoxy) is 1. The lowest BCUT2D eigenvalue weighted by Gasteiger charge is -2.17. The first-order valence-corrected chi connectivity index (χ1v) is 12.6. The highest BCUT2D eigenvalue weighted by atomic mass is 35.5. The molecule has 8 heteroatoms. The van der Waals surface area contributed by atoms with Crippen molar-refractivity contribution in [2.75, 3.05) is 11.1 Å². The largest absolute Gasteiger partial charge is 0.483 e. The smallest absolute Gasteiger partial charge is 0.234 e. The Balaban J connectivity index is 1.67. The van der Waals surface area contributed by atoms with Crippen LogP contribution in [0.1, 0.15) is 55.3 Å². The summed E-state index contributed by atoms with van der Waals surface area (Å²) in [6.45, 7) is 14.5. The van der Waals surface area contributed by atoms with Crippen molar-refractivity contribution in [3.63, 3.8) is 0 Å². The summed E-state index contributed by atoms with van der Waals surface area (Å²) in [6.07, 6.45) is 1.42. The molecule has 3 rings (SSSR count). The third-order valence-electron chi connectivity index (χ3n) is 5.34. The molecule has 34 heavy (non-hydrogen) atoms. The fourth-order valence-electron chi connectivity index (χ4n) is 3.52. The number of aromatic nitrogens is 3. The molecule has 0 saturated heterocycles. The molecule has 1 aromatic heterocycles. The van der Waals surface area contributed by atoms with Gasteiger partial charge in [-0.05, 0) is 67.6 Å². The van der Waals surface area contributed by atoms with Gasteiger partial charge < -0.3 is 10.1 Å². The third-order valence-corrected chi connectivity index (χ3v) is 6.90. The number of hydrogen-bond donors (Lipinski definition) is 1. The average Bonchev–Trinajstić information content (AvgIpc) is 3.19. The lowest BCUT2D eigenvalue weighted by Crippen LogP contribution is -2.15. The van der Waals surface area contributed by atoms with Crippen LogP contribution in [0.3, 0.4) is 0 Å². The van der Waals surface area contributed by atoms with Crippen LogP contribution in [0.4, 0.5) is 5.69 Å². The first kappa shape index (κ1) is 25.8. The second-order valence-electron chi connectivity index (χ2n) is 8.48. The lowest BCUT2D eigenvalue weighted by molar-refractivity contribution is -0.113. The molecule has 6 nitrogen and oxygen atoms in total. The number of thioether (sulfide) groups is 1. The number of nitrogens with one attached hydrogen (secondary N) is 1. The summed E-state index contributed by atoms with van der Waals surface area (Å²) in [5, 5.41) is 13.0. The molecule has 2 aromatic carbocycles. The number of halogens is 1. The Morgan fingerprint density at radius 1 is 1.18 bits per heavy atom. The van der Waals surface area contributed by atoms with Crippen LogP contribution >= 0.6 is 23.4 Å². The van der Waals surface area contributed by atoms with E-state index in [1.807, 2.05) is 61.7 Å². The van der Waals surface area contributed by atoms with E-state index in [2.05, 4.69) is 35.9 Å². The Hall–Kier alpha value is -2.77. The monoisotopic (exact) mass is 498 g/mol. The van der Waals surface area contributed by atoms with Crippen LogP contribution in [0.5, 0.6) is 5.75 Å². The third kappa shape index (κ3) is 6.42. The average molecular weight is 499 g/mol. The molecule has 0 aliphatic heterocycles. The number of anilines is 1. The molecule has 1 N–H and O–H groups in total. The number of carbonyl (C=O) groups excluding carboxylic acids is 1. The number of amides is 1. The summed E-state index contributed by atoms with van der Waals surface area (Å²) < 4.78 is 8.06. The molecule has 1 atom stereocenters. The summed E-state index contributed by atoms with van der Waals surface area (Å²) >= 11 is 7.61. The van der Waals surface area contributed by atoms with E-state index < -0.39 is 0 Å². The molecule has 0 radical (unpaired) electrons. The Labute approximate surface area is 210 Å². The molecular weight excluding hydrogens is 468 g/mol. The highest BCUT2D eigenvalue weighted by Gasteiger charge is 2.20. The number of benzene rings is 2. The SMILES string of the molecule is C=CCn1c(SCC(=O)Nc2ccc(C(C)C)cc2)nnc1C(C)Oc1cc(C)c(Cl)c(C)c1. The van der Waals surface area contributed by atoms with E-state index in [4.69, 9.17) is 16.3 Å². The van der Waals surface area contributed by atoms with Gasteiger partial charge in [-0.1, -0.05) is 55.4 Å². The summed E-state index contributed by atoms with van der Waals surface area (Å²) in [6, 6.07) is 11.7. The van der Waals surface area contributed by atoms with Crippen LogP contribution in [0.15, 0.2) is 54.2 Å². The fourth-order valence-corrected chi connectivity index (χ4v) is 4.38. The van der Waals surface area contributed by atoms with E-state index in [1.54, 1.807) is 6.08 Å². The predicted molar refractivity (Wildman–Crippen MR) is 140 cm³/mol. The van der Waals surface area contributed by atoms with Crippen LogP contribution < -0.4 is 10.1 Å². The molecular formula is C26H31ClN4O2S. The van der Waals surface area contributed by atoms with Crippen LogP contribution in [0.25, 0.3) is 0 Å². The maximum atomic E-state index is 12.5. The van der Waals surface area contributed by atoms with E-state index in [0.717, 1.165) is 27.6 Å². The van der Waals surface area contributed by atoms with Crippen molar-refractivity contribution in [3.05, 3.63) is 76.6 Å². The normalized spacial score (nSPS) is 12.0. The van der Waals surface area contributed by atoms with Gasteiger partial charge >= 0.3 is 0 Å². The molecule has 0 saturated carbocycles. The predicted octanol–water partition coefficient (Wildman–Crippen LogP) is 6.73. The molecule has 0 aliphatic carbocycles. The van der Waals surface area contributed by atoms with Gasteiger partial charge in [0.15, 0.2) is 17.1 Å². The van der Waals surface area contributed by atoms with Gasteiger partial charge in [0, 0.05) is 17.3 Å². The summed E-state index contributed by atoms with van der Waals surface area (Å²) in [4.78, 5) is 12.5. The van der Waals surface area contributed by atoms with Gasteiger partial charge in [0.1, 0.15) is 5.75 Å². The topological polar surface area (TPSA) is 69.0 Å². The Kier molecular flexibility index (Phi) is 8.80. The highest BCUT2D eigenvalue weighted by molar-refractivity contribution is 7.99. The second-order valence-corrected chi connectivity index (χ2v) is 9.81. The van der Waals surface area contributed by atoms with E-state index in [1.165, 1.54) is 17.3 Å². The number of hydrogen-bond acceptors (Lipinski definition) is 5. The maximum Gasteiger partial charge on any atom is 0.234 e. The van der Waals surface area contributed by atoms with Crippen molar-refractivity contribution in [1.82, 2.24) is 14.8 Å². The van der Waals surface area contributed by atoms with Gasteiger partial charge in [0.05, 0.1) is 5.75 Å². The molecule has 0 spiro atoms. The Morgan fingerprint density at radius 2 is 1.82 bits per heavy atom. The van der Waals surface area contributed by atoms with Gasteiger partial charge in [0.25, 0.3) is 0 Å². The van der Waals surface area contributed by atoms with E-state index >= 15 is 0 Å². The van der Waals surface area contributed by atoms with Crippen LogP contribution in [-0.4, -0.2) is 26.4 Å². The molecule has 3 aromatic rings. The molecule has 180 valence electrons. The molecule has 1 amide bonds. The number of aryl methyl sites for hydroxylation is 2. The minimum atomic E-state index is -0.352. The van der Waals surface area contributed by atoms with Crippen molar-refractivity contribution in [2.45, 2.75) is 58.3 Å².